The summed E-state index contributed by atoms with van der Waals surface area (Å²) in [6.45, 7) is 2.80. The number of amides is 1. The van der Waals surface area contributed by atoms with Crippen molar-refractivity contribution in [3.8, 4) is 0 Å². The zero-order valence-electron chi connectivity index (χ0n) is 16.1. The number of piperidine rings is 1. The normalized spacial score (nSPS) is 15.8. The molecule has 3 aromatic rings. The maximum absolute atomic E-state index is 12.3. The molecule has 28 heavy (non-hydrogen) atoms. The van der Waals surface area contributed by atoms with E-state index in [1.807, 2.05) is 0 Å². The molecule has 4 rings (SSSR count). The van der Waals surface area contributed by atoms with Gasteiger partial charge in [0.1, 0.15) is 0 Å². The molecule has 0 radical (unpaired) electrons. The molecule has 1 amide bonds. The summed E-state index contributed by atoms with van der Waals surface area (Å²) in [5.41, 5.74) is 3.26. The molecule has 146 valence electrons. The van der Waals surface area contributed by atoms with Gasteiger partial charge in [-0.15, -0.1) is 0 Å². The van der Waals surface area contributed by atoms with E-state index < -0.39 is 5.76 Å². The van der Waals surface area contributed by atoms with Gasteiger partial charge in [-0.3, -0.25) is 9.36 Å². The van der Waals surface area contributed by atoms with Crippen LogP contribution in [0.3, 0.4) is 0 Å². The zero-order chi connectivity index (χ0) is 19.5. The third kappa shape index (κ3) is 4.02. The Balaban J connectivity index is 1.26. The van der Waals surface area contributed by atoms with Crippen molar-refractivity contribution in [1.29, 1.82) is 0 Å². The number of aryl methyl sites for hydroxylation is 1. The standard InChI is InChI=1S/C22H25N3O3/c1-24-19-8-7-18(15-20(19)28-22(24)27)23-21(26)11-14-25-12-9-17(10-13-25)16-5-3-2-4-6-16/h2-8,15,17H,9-14H2,1H3,(H,23,26). The van der Waals surface area contributed by atoms with E-state index in [0.717, 1.165) is 32.5 Å². The molecule has 0 saturated carbocycles. The number of nitrogens with zero attached hydrogens (tertiary/aromatic N) is 2. The van der Waals surface area contributed by atoms with Crippen LogP contribution in [0.5, 0.6) is 0 Å². The first-order chi connectivity index (χ1) is 13.6. The molecule has 2 aromatic carbocycles. The number of likely N-dealkylation sites (tertiary alicyclic amines) is 1. The average Bonchev–Trinajstić information content (AvgIpc) is 3.00. The molecule has 1 N–H and O–H groups in total. The fraction of sp³-hybridized carbons (Fsp3) is 0.364. The van der Waals surface area contributed by atoms with Gasteiger partial charge in [-0.1, -0.05) is 30.3 Å². The third-order valence-corrected chi connectivity index (χ3v) is 5.59. The first kappa shape index (κ1) is 18.5. The van der Waals surface area contributed by atoms with Crippen molar-refractivity contribution in [2.45, 2.75) is 25.2 Å². The van der Waals surface area contributed by atoms with Crippen LogP contribution in [0.1, 0.15) is 30.7 Å². The molecule has 2 heterocycles. The summed E-state index contributed by atoms with van der Waals surface area (Å²) >= 11 is 0. The van der Waals surface area contributed by atoms with Gasteiger partial charge in [0, 0.05) is 31.8 Å². The minimum Gasteiger partial charge on any atom is -0.408 e. The second kappa shape index (κ2) is 8.02. The summed E-state index contributed by atoms with van der Waals surface area (Å²) in [4.78, 5) is 26.2. The van der Waals surface area contributed by atoms with Crippen molar-refractivity contribution in [3.05, 3.63) is 64.6 Å². The van der Waals surface area contributed by atoms with Crippen molar-refractivity contribution in [3.63, 3.8) is 0 Å². The van der Waals surface area contributed by atoms with E-state index in [4.69, 9.17) is 4.42 Å². The summed E-state index contributed by atoms with van der Waals surface area (Å²) in [6.07, 6.45) is 2.72. The number of rotatable bonds is 5. The highest BCUT2D eigenvalue weighted by atomic mass is 16.4. The van der Waals surface area contributed by atoms with Crippen LogP contribution < -0.4 is 11.1 Å². The average molecular weight is 379 g/mol. The van der Waals surface area contributed by atoms with Gasteiger partial charge in [0.25, 0.3) is 0 Å². The van der Waals surface area contributed by atoms with Gasteiger partial charge in [0.15, 0.2) is 5.58 Å². The molecule has 1 aliphatic heterocycles. The van der Waals surface area contributed by atoms with E-state index in [1.165, 1.54) is 10.1 Å². The lowest BCUT2D eigenvalue weighted by atomic mass is 9.89. The molecule has 1 saturated heterocycles. The molecule has 0 aliphatic carbocycles. The van der Waals surface area contributed by atoms with E-state index in [2.05, 4.69) is 40.5 Å². The summed E-state index contributed by atoms with van der Waals surface area (Å²) in [7, 11) is 1.66. The van der Waals surface area contributed by atoms with E-state index >= 15 is 0 Å². The van der Waals surface area contributed by atoms with E-state index in [-0.39, 0.29) is 5.91 Å². The summed E-state index contributed by atoms with van der Waals surface area (Å²) < 4.78 is 6.61. The van der Waals surface area contributed by atoms with Gasteiger partial charge < -0.3 is 14.6 Å². The predicted octanol–water partition coefficient (Wildman–Crippen LogP) is 3.34. The highest BCUT2D eigenvalue weighted by Gasteiger charge is 2.20. The second-order valence-electron chi connectivity index (χ2n) is 7.43. The Bertz CT molecular complexity index is 1010. The van der Waals surface area contributed by atoms with Crippen LogP contribution in [0.2, 0.25) is 0 Å². The highest BCUT2D eigenvalue weighted by Crippen LogP contribution is 2.27. The first-order valence-corrected chi connectivity index (χ1v) is 9.77. The van der Waals surface area contributed by atoms with Crippen LogP contribution in [0.15, 0.2) is 57.7 Å². The van der Waals surface area contributed by atoms with Crippen LogP contribution in [-0.2, 0) is 11.8 Å². The maximum atomic E-state index is 12.3. The summed E-state index contributed by atoms with van der Waals surface area (Å²) in [5, 5.41) is 2.90. The first-order valence-electron chi connectivity index (χ1n) is 9.77. The molecular formula is C22H25N3O3. The van der Waals surface area contributed by atoms with Crippen LogP contribution in [0, 0.1) is 0 Å². The number of anilines is 1. The van der Waals surface area contributed by atoms with Crippen molar-refractivity contribution in [1.82, 2.24) is 9.47 Å². The number of hydrogen-bond donors (Lipinski definition) is 1. The van der Waals surface area contributed by atoms with Gasteiger partial charge in [-0.05, 0) is 49.5 Å². The Morgan fingerprint density at radius 1 is 1.14 bits per heavy atom. The van der Waals surface area contributed by atoms with Gasteiger partial charge >= 0.3 is 5.76 Å². The topological polar surface area (TPSA) is 67.5 Å². The molecule has 0 spiro atoms. The van der Waals surface area contributed by atoms with Crippen LogP contribution in [0.25, 0.3) is 11.1 Å². The number of hydrogen-bond acceptors (Lipinski definition) is 4. The highest BCUT2D eigenvalue weighted by molar-refractivity contribution is 5.92. The van der Waals surface area contributed by atoms with Gasteiger partial charge in [0.05, 0.1) is 5.52 Å². The fourth-order valence-electron chi connectivity index (χ4n) is 3.91. The molecular weight excluding hydrogens is 354 g/mol. The number of carbonyl (C=O) groups excluding carboxylic acids is 1. The number of nitrogens with one attached hydrogen (secondary N) is 1. The lowest BCUT2D eigenvalue weighted by molar-refractivity contribution is -0.116. The van der Waals surface area contributed by atoms with Crippen molar-refractivity contribution < 1.29 is 9.21 Å². The molecule has 0 atom stereocenters. The smallest absolute Gasteiger partial charge is 0.408 e. The van der Waals surface area contributed by atoms with Gasteiger partial charge in [0.2, 0.25) is 5.91 Å². The number of oxazole rings is 1. The molecule has 0 bridgehead atoms. The van der Waals surface area contributed by atoms with Crippen molar-refractivity contribution in [2.24, 2.45) is 7.05 Å². The Hall–Kier alpha value is -2.86. The van der Waals surface area contributed by atoms with Crippen LogP contribution >= 0.6 is 0 Å². The van der Waals surface area contributed by atoms with E-state index in [1.54, 1.807) is 25.2 Å². The maximum Gasteiger partial charge on any atom is 0.419 e. The minimum absolute atomic E-state index is 0.0252. The Kier molecular flexibility index (Phi) is 5.30. The largest absolute Gasteiger partial charge is 0.419 e. The predicted molar refractivity (Wildman–Crippen MR) is 110 cm³/mol. The van der Waals surface area contributed by atoms with Crippen molar-refractivity contribution in [2.75, 3.05) is 25.0 Å². The second-order valence-corrected chi connectivity index (χ2v) is 7.43. The van der Waals surface area contributed by atoms with E-state index in [0.29, 0.717) is 29.1 Å². The molecule has 6 nitrogen and oxygen atoms in total. The lowest BCUT2D eigenvalue weighted by Crippen LogP contribution is -2.35. The number of benzene rings is 2. The molecule has 1 aliphatic rings. The Labute approximate surface area is 163 Å². The number of carbonyl (C=O) groups is 1. The van der Waals surface area contributed by atoms with Crippen LogP contribution in [0.4, 0.5) is 5.69 Å². The third-order valence-electron chi connectivity index (χ3n) is 5.59. The number of aromatic nitrogens is 1. The minimum atomic E-state index is -0.405. The van der Waals surface area contributed by atoms with E-state index in [9.17, 15) is 9.59 Å². The zero-order valence-corrected chi connectivity index (χ0v) is 16.1. The lowest BCUT2D eigenvalue weighted by Gasteiger charge is -2.32. The summed E-state index contributed by atoms with van der Waals surface area (Å²) in [6, 6.07) is 15.9. The summed E-state index contributed by atoms with van der Waals surface area (Å²) in [5.74, 6) is 0.193. The van der Waals surface area contributed by atoms with Gasteiger partial charge in [-0.25, -0.2) is 4.79 Å². The Morgan fingerprint density at radius 3 is 2.64 bits per heavy atom. The van der Waals surface area contributed by atoms with Crippen LogP contribution in [-0.4, -0.2) is 35.0 Å². The molecule has 1 aromatic heterocycles. The fourth-order valence-corrected chi connectivity index (χ4v) is 3.91. The Morgan fingerprint density at radius 2 is 1.89 bits per heavy atom. The van der Waals surface area contributed by atoms with Crippen molar-refractivity contribution >= 4 is 22.7 Å². The quantitative estimate of drug-likeness (QED) is 0.738. The number of fused-ring (bicyclic) bond motifs is 1. The monoisotopic (exact) mass is 379 g/mol. The SMILES string of the molecule is Cn1c(=O)oc2cc(NC(=O)CCN3CCC(c4ccccc4)CC3)ccc21. The van der Waals surface area contributed by atoms with Gasteiger partial charge in [-0.2, -0.15) is 0 Å². The molecule has 6 heteroatoms. The molecule has 0 unspecified atom stereocenters. The molecule has 1 fully saturated rings.